The normalized spacial score (nSPS) is 14.5. The van der Waals surface area contributed by atoms with Crippen molar-refractivity contribution in [2.75, 3.05) is 6.61 Å². The molecule has 1 atom stereocenters. The molecule has 1 rings (SSSR count). The third kappa shape index (κ3) is 9.13. The number of esters is 1. The molecule has 1 aromatic rings. The maximum atomic E-state index is 13.1. The SMILES string of the molecule is CCCCCOc1cccc(C[C@](N)(CC(F)(F)F)C(=O)OC(C)(C)C)c1. The molecule has 7 heteroatoms. The van der Waals surface area contributed by atoms with Gasteiger partial charge in [0, 0.05) is 6.42 Å². The average molecular weight is 389 g/mol. The molecule has 0 aliphatic heterocycles. The standard InChI is InChI=1S/C20H30F3NO3/c1-5-6-7-11-26-16-10-8-9-15(12-16)13-19(24,14-20(21,22)23)17(25)27-18(2,3)4/h8-10,12H,5-7,11,13-14,24H2,1-4H3/t19-/m0/s1. The van der Waals surface area contributed by atoms with Crippen LogP contribution in [0.1, 0.15) is 58.9 Å². The number of unbranched alkanes of at least 4 members (excludes halogenated alkanes) is 2. The summed E-state index contributed by atoms with van der Waals surface area (Å²) in [5.74, 6) is -0.524. The second-order valence-corrected chi connectivity index (χ2v) is 7.83. The van der Waals surface area contributed by atoms with E-state index in [1.54, 1.807) is 45.0 Å². The maximum Gasteiger partial charge on any atom is 0.391 e. The molecule has 4 nitrogen and oxygen atoms in total. The van der Waals surface area contributed by atoms with Gasteiger partial charge in [-0.25, -0.2) is 0 Å². The minimum absolute atomic E-state index is 0.298. The van der Waals surface area contributed by atoms with Crippen LogP contribution in [0.15, 0.2) is 24.3 Å². The molecule has 0 bridgehead atoms. The lowest BCUT2D eigenvalue weighted by Gasteiger charge is -2.32. The molecule has 0 aliphatic rings. The quantitative estimate of drug-likeness (QED) is 0.487. The van der Waals surface area contributed by atoms with Gasteiger partial charge in [0.05, 0.1) is 13.0 Å². The molecule has 0 fully saturated rings. The van der Waals surface area contributed by atoms with Crippen molar-refractivity contribution in [3.63, 3.8) is 0 Å². The topological polar surface area (TPSA) is 61.5 Å². The molecule has 0 aliphatic carbocycles. The Kier molecular flexibility index (Phi) is 8.14. The van der Waals surface area contributed by atoms with Gasteiger partial charge < -0.3 is 15.2 Å². The molecule has 27 heavy (non-hydrogen) atoms. The van der Waals surface area contributed by atoms with Gasteiger partial charge in [-0.05, 0) is 44.9 Å². The van der Waals surface area contributed by atoms with Gasteiger partial charge in [0.25, 0.3) is 0 Å². The summed E-state index contributed by atoms with van der Waals surface area (Å²) in [6.45, 7) is 7.37. The van der Waals surface area contributed by atoms with Crippen molar-refractivity contribution in [3.05, 3.63) is 29.8 Å². The van der Waals surface area contributed by atoms with Gasteiger partial charge in [-0.2, -0.15) is 13.2 Å². The van der Waals surface area contributed by atoms with Gasteiger partial charge in [0.2, 0.25) is 0 Å². The fourth-order valence-electron chi connectivity index (χ4n) is 2.60. The number of hydrogen-bond acceptors (Lipinski definition) is 4. The van der Waals surface area contributed by atoms with Gasteiger partial charge in [0.1, 0.15) is 16.9 Å². The number of hydrogen-bond donors (Lipinski definition) is 1. The molecule has 0 unspecified atom stereocenters. The Bertz CT molecular complexity index is 611. The summed E-state index contributed by atoms with van der Waals surface area (Å²) < 4.78 is 49.9. The van der Waals surface area contributed by atoms with Crippen LogP contribution in [0, 0.1) is 0 Å². The Morgan fingerprint density at radius 1 is 1.15 bits per heavy atom. The molecule has 154 valence electrons. The number of benzene rings is 1. The van der Waals surface area contributed by atoms with E-state index >= 15 is 0 Å². The van der Waals surface area contributed by atoms with E-state index in [4.69, 9.17) is 15.2 Å². The van der Waals surface area contributed by atoms with E-state index in [-0.39, 0.29) is 6.42 Å². The molecular weight excluding hydrogens is 359 g/mol. The summed E-state index contributed by atoms with van der Waals surface area (Å²) in [6, 6.07) is 6.65. The number of alkyl halides is 3. The van der Waals surface area contributed by atoms with Crippen LogP contribution in [-0.4, -0.2) is 29.9 Å². The zero-order chi connectivity index (χ0) is 20.7. The summed E-state index contributed by atoms with van der Waals surface area (Å²) in [4.78, 5) is 12.4. The Hall–Kier alpha value is -1.76. The molecule has 0 saturated heterocycles. The van der Waals surface area contributed by atoms with Crippen LogP contribution < -0.4 is 10.5 Å². The highest BCUT2D eigenvalue weighted by molar-refractivity contribution is 5.81. The van der Waals surface area contributed by atoms with Crippen LogP contribution in [0.4, 0.5) is 13.2 Å². The van der Waals surface area contributed by atoms with Crippen LogP contribution in [0.5, 0.6) is 5.75 Å². The molecule has 1 aromatic carbocycles. The van der Waals surface area contributed by atoms with Gasteiger partial charge in [0.15, 0.2) is 0 Å². The molecule has 0 spiro atoms. The zero-order valence-electron chi connectivity index (χ0n) is 16.5. The average Bonchev–Trinajstić information content (AvgIpc) is 2.48. The summed E-state index contributed by atoms with van der Waals surface area (Å²) in [5, 5.41) is 0. The number of halogens is 3. The minimum atomic E-state index is -4.60. The molecule has 0 saturated carbocycles. The number of rotatable bonds is 9. The summed E-state index contributed by atoms with van der Waals surface area (Å²) >= 11 is 0. The summed E-state index contributed by atoms with van der Waals surface area (Å²) in [5.41, 5.74) is 3.27. The number of carbonyl (C=O) groups excluding carboxylic acids is 1. The molecule has 0 aromatic heterocycles. The van der Waals surface area contributed by atoms with Crippen molar-refractivity contribution in [2.24, 2.45) is 5.73 Å². The molecule has 2 N–H and O–H groups in total. The number of nitrogens with two attached hydrogens (primary N) is 1. The van der Waals surface area contributed by atoms with Crippen molar-refractivity contribution in [3.8, 4) is 5.75 Å². The van der Waals surface area contributed by atoms with Gasteiger partial charge in [-0.15, -0.1) is 0 Å². The van der Waals surface area contributed by atoms with Crippen LogP contribution >= 0.6 is 0 Å². The maximum absolute atomic E-state index is 13.1. The summed E-state index contributed by atoms with van der Waals surface area (Å²) in [6.07, 6.45) is -3.36. The highest BCUT2D eigenvalue weighted by atomic mass is 19.4. The fraction of sp³-hybridized carbons (Fsp3) is 0.650. The van der Waals surface area contributed by atoms with Crippen LogP contribution in [0.25, 0.3) is 0 Å². The smallest absolute Gasteiger partial charge is 0.391 e. The fourth-order valence-corrected chi connectivity index (χ4v) is 2.60. The van der Waals surface area contributed by atoms with E-state index in [9.17, 15) is 18.0 Å². The second-order valence-electron chi connectivity index (χ2n) is 7.83. The van der Waals surface area contributed by atoms with Crippen molar-refractivity contribution in [2.45, 2.75) is 77.1 Å². The Labute approximate surface area is 159 Å². The van der Waals surface area contributed by atoms with Crippen LogP contribution in [-0.2, 0) is 16.0 Å². The van der Waals surface area contributed by atoms with E-state index in [1.807, 2.05) is 0 Å². The molecular formula is C20H30F3NO3. The lowest BCUT2D eigenvalue weighted by Crippen LogP contribution is -2.55. The zero-order valence-corrected chi connectivity index (χ0v) is 16.5. The first-order chi connectivity index (χ1) is 12.3. The highest BCUT2D eigenvalue weighted by Crippen LogP contribution is 2.31. The number of carbonyl (C=O) groups is 1. The Morgan fingerprint density at radius 3 is 2.37 bits per heavy atom. The molecule has 0 radical (unpaired) electrons. The first-order valence-corrected chi connectivity index (χ1v) is 9.15. The molecule has 0 heterocycles. The van der Waals surface area contributed by atoms with Gasteiger partial charge in [-0.1, -0.05) is 31.9 Å². The van der Waals surface area contributed by atoms with Crippen LogP contribution in [0.2, 0.25) is 0 Å². The van der Waals surface area contributed by atoms with E-state index in [1.165, 1.54) is 0 Å². The first-order valence-electron chi connectivity index (χ1n) is 9.15. The predicted octanol–water partition coefficient (Wildman–Crippen LogP) is 4.79. The van der Waals surface area contributed by atoms with E-state index in [0.29, 0.717) is 17.9 Å². The van der Waals surface area contributed by atoms with Crippen molar-refractivity contribution in [1.82, 2.24) is 0 Å². The predicted molar refractivity (Wildman–Crippen MR) is 98.6 cm³/mol. The van der Waals surface area contributed by atoms with Gasteiger partial charge >= 0.3 is 12.1 Å². The lowest BCUT2D eigenvalue weighted by atomic mass is 9.88. The first kappa shape index (κ1) is 23.3. The third-order valence-electron chi connectivity index (χ3n) is 3.76. The Morgan fingerprint density at radius 2 is 1.81 bits per heavy atom. The largest absolute Gasteiger partial charge is 0.494 e. The third-order valence-corrected chi connectivity index (χ3v) is 3.76. The van der Waals surface area contributed by atoms with Crippen LogP contribution in [0.3, 0.4) is 0 Å². The second kappa shape index (κ2) is 9.44. The Balaban J connectivity index is 2.96. The van der Waals surface area contributed by atoms with Crippen molar-refractivity contribution >= 4 is 5.97 Å². The van der Waals surface area contributed by atoms with E-state index in [2.05, 4.69) is 6.92 Å². The lowest BCUT2D eigenvalue weighted by molar-refractivity contribution is -0.179. The van der Waals surface area contributed by atoms with E-state index in [0.717, 1.165) is 19.3 Å². The summed E-state index contributed by atoms with van der Waals surface area (Å²) in [7, 11) is 0. The molecule has 0 amide bonds. The monoisotopic (exact) mass is 389 g/mol. The van der Waals surface area contributed by atoms with Gasteiger partial charge in [-0.3, -0.25) is 4.79 Å². The number of ether oxygens (including phenoxy) is 2. The van der Waals surface area contributed by atoms with Crippen molar-refractivity contribution < 1.29 is 27.4 Å². The van der Waals surface area contributed by atoms with E-state index < -0.39 is 29.7 Å². The van der Waals surface area contributed by atoms with Crippen molar-refractivity contribution in [1.29, 1.82) is 0 Å². The highest BCUT2D eigenvalue weighted by Gasteiger charge is 2.47. The minimum Gasteiger partial charge on any atom is -0.494 e.